The number of nitrogens with zero attached hydrogens (tertiary/aromatic N) is 3. The standard InChI is InChI=1S/C18H20ClFN4O/c19-14-1-4-16(5-2-14)22-18(25)13-24-9-7-23(8-10-24)12-17-6-3-15(20)11-21-17/h1-6,11H,7-10,12-13H2,(H,22,25). The van der Waals surface area contributed by atoms with Gasteiger partial charge < -0.3 is 5.32 Å². The molecule has 1 aromatic carbocycles. The zero-order valence-electron chi connectivity index (χ0n) is 13.8. The Hall–Kier alpha value is -2.02. The number of pyridine rings is 1. The van der Waals surface area contributed by atoms with Crippen molar-refractivity contribution < 1.29 is 9.18 Å². The SMILES string of the molecule is O=C(CN1CCN(Cc2ccc(F)cn2)CC1)Nc1ccc(Cl)cc1. The molecule has 1 aliphatic heterocycles. The second-order valence-electron chi connectivity index (χ2n) is 6.08. The van der Waals surface area contributed by atoms with Crippen molar-refractivity contribution in [1.82, 2.24) is 14.8 Å². The van der Waals surface area contributed by atoms with Crippen molar-refractivity contribution in [3.05, 3.63) is 59.1 Å². The summed E-state index contributed by atoms with van der Waals surface area (Å²) in [4.78, 5) is 20.6. The fourth-order valence-corrected chi connectivity index (χ4v) is 2.90. The molecule has 1 amide bonds. The Kier molecular flexibility index (Phi) is 5.96. The zero-order valence-corrected chi connectivity index (χ0v) is 14.5. The summed E-state index contributed by atoms with van der Waals surface area (Å²) in [7, 11) is 0. The summed E-state index contributed by atoms with van der Waals surface area (Å²) in [6.07, 6.45) is 1.24. The lowest BCUT2D eigenvalue weighted by Crippen LogP contribution is -2.48. The molecule has 0 atom stereocenters. The molecule has 7 heteroatoms. The largest absolute Gasteiger partial charge is 0.325 e. The Bertz CT molecular complexity index is 700. The Balaban J connectivity index is 1.42. The molecule has 132 valence electrons. The molecular formula is C18H20ClFN4O. The average molecular weight is 363 g/mol. The van der Waals surface area contributed by atoms with E-state index in [-0.39, 0.29) is 11.7 Å². The quantitative estimate of drug-likeness (QED) is 0.888. The van der Waals surface area contributed by atoms with E-state index in [1.807, 2.05) is 0 Å². The van der Waals surface area contributed by atoms with Crippen molar-refractivity contribution in [2.75, 3.05) is 38.0 Å². The van der Waals surface area contributed by atoms with Crippen LogP contribution in [0.4, 0.5) is 10.1 Å². The van der Waals surface area contributed by atoms with E-state index in [0.29, 0.717) is 18.1 Å². The summed E-state index contributed by atoms with van der Waals surface area (Å²) in [5.41, 5.74) is 1.60. The smallest absolute Gasteiger partial charge is 0.238 e. The summed E-state index contributed by atoms with van der Waals surface area (Å²) >= 11 is 5.83. The van der Waals surface area contributed by atoms with Gasteiger partial charge in [-0.1, -0.05) is 11.6 Å². The number of hydrogen-bond donors (Lipinski definition) is 1. The molecule has 1 aromatic heterocycles. The third-order valence-electron chi connectivity index (χ3n) is 4.13. The lowest BCUT2D eigenvalue weighted by molar-refractivity contribution is -0.117. The van der Waals surface area contributed by atoms with Crippen molar-refractivity contribution in [3.8, 4) is 0 Å². The van der Waals surface area contributed by atoms with Gasteiger partial charge in [0, 0.05) is 43.4 Å². The van der Waals surface area contributed by atoms with Gasteiger partial charge in [0.1, 0.15) is 5.82 Å². The van der Waals surface area contributed by atoms with Crippen LogP contribution in [-0.4, -0.2) is 53.4 Å². The highest BCUT2D eigenvalue weighted by molar-refractivity contribution is 6.30. The third kappa shape index (κ3) is 5.49. The molecule has 0 bridgehead atoms. The fourth-order valence-electron chi connectivity index (χ4n) is 2.77. The van der Waals surface area contributed by atoms with Crippen LogP contribution >= 0.6 is 11.6 Å². The summed E-state index contributed by atoms with van der Waals surface area (Å²) in [5, 5.41) is 3.52. The number of amides is 1. The predicted octanol–water partition coefficient (Wildman–Crippen LogP) is 2.63. The van der Waals surface area contributed by atoms with Crippen molar-refractivity contribution >= 4 is 23.2 Å². The second kappa shape index (κ2) is 8.38. The number of halogens is 2. The predicted molar refractivity (Wildman–Crippen MR) is 96.0 cm³/mol. The topological polar surface area (TPSA) is 48.5 Å². The van der Waals surface area contributed by atoms with Gasteiger partial charge in [-0.25, -0.2) is 4.39 Å². The highest BCUT2D eigenvalue weighted by Gasteiger charge is 2.19. The lowest BCUT2D eigenvalue weighted by atomic mass is 10.2. The molecule has 0 saturated carbocycles. The van der Waals surface area contributed by atoms with Gasteiger partial charge in [0.25, 0.3) is 0 Å². The maximum atomic E-state index is 12.9. The highest BCUT2D eigenvalue weighted by Crippen LogP contribution is 2.13. The summed E-state index contributed by atoms with van der Waals surface area (Å²) < 4.78 is 12.9. The first-order valence-electron chi connectivity index (χ1n) is 8.19. The molecule has 5 nitrogen and oxygen atoms in total. The van der Waals surface area contributed by atoms with Gasteiger partial charge in [0.2, 0.25) is 5.91 Å². The molecule has 1 saturated heterocycles. The van der Waals surface area contributed by atoms with E-state index in [9.17, 15) is 9.18 Å². The first-order valence-corrected chi connectivity index (χ1v) is 8.57. The molecule has 0 radical (unpaired) electrons. The normalized spacial score (nSPS) is 15.9. The van der Waals surface area contributed by atoms with Crippen LogP contribution in [-0.2, 0) is 11.3 Å². The molecule has 1 aliphatic rings. The molecule has 2 aromatic rings. The van der Waals surface area contributed by atoms with Crippen molar-refractivity contribution in [3.63, 3.8) is 0 Å². The molecule has 2 heterocycles. The van der Waals surface area contributed by atoms with Gasteiger partial charge >= 0.3 is 0 Å². The van der Waals surface area contributed by atoms with Crippen LogP contribution < -0.4 is 5.32 Å². The van der Waals surface area contributed by atoms with Gasteiger partial charge in [-0.05, 0) is 36.4 Å². The van der Waals surface area contributed by atoms with E-state index < -0.39 is 0 Å². The molecule has 25 heavy (non-hydrogen) atoms. The average Bonchev–Trinajstić information content (AvgIpc) is 2.61. The zero-order chi connectivity index (χ0) is 17.6. The van der Waals surface area contributed by atoms with Crippen LogP contribution in [0.5, 0.6) is 0 Å². The van der Waals surface area contributed by atoms with Gasteiger partial charge in [0.15, 0.2) is 0 Å². The number of aromatic nitrogens is 1. The number of rotatable bonds is 5. The Morgan fingerprint density at radius 3 is 2.40 bits per heavy atom. The van der Waals surface area contributed by atoms with Gasteiger partial charge in [0.05, 0.1) is 18.4 Å². The van der Waals surface area contributed by atoms with Crippen LogP contribution in [0.2, 0.25) is 5.02 Å². The Morgan fingerprint density at radius 1 is 1.08 bits per heavy atom. The summed E-state index contributed by atoms with van der Waals surface area (Å²) in [6, 6.07) is 10.2. The number of anilines is 1. The molecule has 1 N–H and O–H groups in total. The minimum absolute atomic E-state index is 0.0315. The lowest BCUT2D eigenvalue weighted by Gasteiger charge is -2.34. The number of nitrogens with one attached hydrogen (secondary N) is 1. The molecular weight excluding hydrogens is 343 g/mol. The van der Waals surface area contributed by atoms with Crippen LogP contribution in [0.25, 0.3) is 0 Å². The van der Waals surface area contributed by atoms with Gasteiger partial charge in [-0.15, -0.1) is 0 Å². The van der Waals surface area contributed by atoms with E-state index in [2.05, 4.69) is 20.1 Å². The van der Waals surface area contributed by atoms with Crippen LogP contribution in [0.3, 0.4) is 0 Å². The minimum atomic E-state index is -0.319. The number of piperazine rings is 1. The van der Waals surface area contributed by atoms with E-state index >= 15 is 0 Å². The van der Waals surface area contributed by atoms with Crippen LogP contribution in [0.1, 0.15) is 5.69 Å². The first kappa shape index (κ1) is 17.8. The van der Waals surface area contributed by atoms with Crippen molar-refractivity contribution in [2.45, 2.75) is 6.54 Å². The van der Waals surface area contributed by atoms with E-state index in [1.54, 1.807) is 30.3 Å². The molecule has 1 fully saturated rings. The number of benzene rings is 1. The second-order valence-corrected chi connectivity index (χ2v) is 6.51. The number of hydrogen-bond acceptors (Lipinski definition) is 4. The monoisotopic (exact) mass is 362 g/mol. The molecule has 0 spiro atoms. The van der Waals surface area contributed by atoms with E-state index in [1.165, 1.54) is 12.3 Å². The molecule has 0 aliphatic carbocycles. The van der Waals surface area contributed by atoms with Gasteiger partial charge in [-0.3, -0.25) is 19.6 Å². The van der Waals surface area contributed by atoms with Crippen molar-refractivity contribution in [2.24, 2.45) is 0 Å². The fraction of sp³-hybridized carbons (Fsp3) is 0.333. The van der Waals surface area contributed by atoms with E-state index in [4.69, 9.17) is 11.6 Å². The van der Waals surface area contributed by atoms with Crippen LogP contribution in [0.15, 0.2) is 42.6 Å². The summed E-state index contributed by atoms with van der Waals surface area (Å²) in [5.74, 6) is -0.351. The Morgan fingerprint density at radius 2 is 1.76 bits per heavy atom. The van der Waals surface area contributed by atoms with Gasteiger partial charge in [-0.2, -0.15) is 0 Å². The highest BCUT2D eigenvalue weighted by atomic mass is 35.5. The number of carbonyl (C=O) groups is 1. The molecule has 3 rings (SSSR count). The summed E-state index contributed by atoms with van der Waals surface area (Å²) in [6.45, 7) is 4.40. The van der Waals surface area contributed by atoms with Crippen molar-refractivity contribution in [1.29, 1.82) is 0 Å². The Labute approximate surface area is 151 Å². The maximum absolute atomic E-state index is 12.9. The molecule has 0 unspecified atom stereocenters. The third-order valence-corrected chi connectivity index (χ3v) is 4.39. The first-order chi connectivity index (χ1) is 12.1. The maximum Gasteiger partial charge on any atom is 0.238 e. The van der Waals surface area contributed by atoms with E-state index in [0.717, 1.165) is 37.6 Å². The van der Waals surface area contributed by atoms with Crippen LogP contribution in [0, 0.1) is 5.82 Å². The minimum Gasteiger partial charge on any atom is -0.325 e. The number of carbonyl (C=O) groups excluding carboxylic acids is 1.